The van der Waals surface area contributed by atoms with Gasteiger partial charge in [0.05, 0.1) is 5.56 Å². The van der Waals surface area contributed by atoms with E-state index in [0.29, 0.717) is 11.5 Å². The molecule has 3 amide bonds. The molecule has 2 heterocycles. The zero-order valence-corrected chi connectivity index (χ0v) is 12.0. The van der Waals surface area contributed by atoms with Crippen LogP contribution in [0, 0.1) is 6.92 Å². The van der Waals surface area contributed by atoms with Crippen molar-refractivity contribution in [1.29, 1.82) is 0 Å². The van der Waals surface area contributed by atoms with Crippen LogP contribution in [-0.4, -0.2) is 23.0 Å². The Labute approximate surface area is 130 Å². The molecule has 0 spiro atoms. The van der Waals surface area contributed by atoms with E-state index in [-0.39, 0.29) is 11.3 Å². The van der Waals surface area contributed by atoms with Crippen LogP contribution in [0.15, 0.2) is 40.4 Å². The highest BCUT2D eigenvalue weighted by molar-refractivity contribution is 6.13. The third kappa shape index (κ3) is 2.84. The highest BCUT2D eigenvalue weighted by Gasteiger charge is 2.23. The van der Waals surface area contributed by atoms with Crippen LogP contribution >= 0.6 is 0 Å². The van der Waals surface area contributed by atoms with Gasteiger partial charge in [0.1, 0.15) is 17.2 Å². The molecule has 0 radical (unpaired) electrons. The molecule has 1 fully saturated rings. The van der Waals surface area contributed by atoms with E-state index in [1.54, 1.807) is 31.2 Å². The lowest BCUT2D eigenvalue weighted by Crippen LogP contribution is -2.22. The number of amides is 3. The van der Waals surface area contributed by atoms with Crippen LogP contribution in [0.2, 0.25) is 0 Å². The minimum atomic E-state index is -0.993. The number of furan rings is 1. The molecule has 2 aromatic rings. The second-order valence-corrected chi connectivity index (χ2v) is 5.00. The van der Waals surface area contributed by atoms with Crippen molar-refractivity contribution in [2.45, 2.75) is 6.92 Å². The third-order valence-electron chi connectivity index (χ3n) is 3.37. The van der Waals surface area contributed by atoms with Crippen LogP contribution in [0.3, 0.4) is 0 Å². The van der Waals surface area contributed by atoms with Crippen LogP contribution in [0.5, 0.6) is 0 Å². The summed E-state index contributed by atoms with van der Waals surface area (Å²) in [7, 11) is 0. The Morgan fingerprint density at radius 1 is 1.17 bits per heavy atom. The molecule has 0 unspecified atom stereocenters. The van der Waals surface area contributed by atoms with Gasteiger partial charge in [0, 0.05) is 11.6 Å². The number of carbonyl (C=O) groups is 3. The molecule has 0 saturated carbocycles. The Hall–Kier alpha value is -3.35. The fourth-order valence-electron chi connectivity index (χ4n) is 2.27. The van der Waals surface area contributed by atoms with E-state index < -0.39 is 17.9 Å². The van der Waals surface area contributed by atoms with Crippen molar-refractivity contribution in [1.82, 2.24) is 10.6 Å². The Bertz CT molecular complexity index is 863. The highest BCUT2D eigenvalue weighted by Crippen LogP contribution is 2.27. The number of urea groups is 1. The summed E-state index contributed by atoms with van der Waals surface area (Å²) in [6.07, 6.45) is 1.42. The van der Waals surface area contributed by atoms with Crippen LogP contribution in [0.25, 0.3) is 17.4 Å². The molecule has 1 aliphatic rings. The van der Waals surface area contributed by atoms with Crippen molar-refractivity contribution in [3.05, 3.63) is 52.9 Å². The Morgan fingerprint density at radius 3 is 2.57 bits per heavy atom. The van der Waals surface area contributed by atoms with Crippen molar-refractivity contribution in [2.24, 2.45) is 0 Å². The number of carboxylic acids is 1. The minimum absolute atomic E-state index is 0.105. The Balaban J connectivity index is 1.91. The number of aromatic carboxylic acids is 1. The molecule has 0 aliphatic carbocycles. The average molecular weight is 312 g/mol. The van der Waals surface area contributed by atoms with Gasteiger partial charge < -0.3 is 14.8 Å². The summed E-state index contributed by atoms with van der Waals surface area (Å²) in [5.74, 6) is -0.576. The molecule has 1 aliphatic heterocycles. The maximum Gasteiger partial charge on any atom is 0.335 e. The fraction of sp³-hybridized carbons (Fsp3) is 0.0625. The lowest BCUT2D eigenvalue weighted by atomic mass is 10.0. The van der Waals surface area contributed by atoms with E-state index in [0.717, 1.165) is 11.1 Å². The third-order valence-corrected chi connectivity index (χ3v) is 3.37. The van der Waals surface area contributed by atoms with E-state index in [4.69, 9.17) is 9.52 Å². The number of benzene rings is 1. The number of carboxylic acid groups (broad SMARTS) is 1. The normalized spacial score (nSPS) is 15.6. The summed E-state index contributed by atoms with van der Waals surface area (Å²) in [5, 5.41) is 13.4. The SMILES string of the molecule is Cc1cc(C(=O)O)ccc1-c1ccc(/C=C2\NC(=O)NC2=O)o1. The molecule has 116 valence electrons. The molecule has 23 heavy (non-hydrogen) atoms. The van der Waals surface area contributed by atoms with Gasteiger partial charge >= 0.3 is 12.0 Å². The van der Waals surface area contributed by atoms with Gasteiger partial charge in [-0.1, -0.05) is 6.07 Å². The zero-order valence-electron chi connectivity index (χ0n) is 12.0. The number of aryl methyl sites for hydroxylation is 1. The highest BCUT2D eigenvalue weighted by atomic mass is 16.4. The molecule has 1 aromatic carbocycles. The maximum atomic E-state index is 11.5. The summed E-state index contributed by atoms with van der Waals surface area (Å²) < 4.78 is 5.64. The molecular weight excluding hydrogens is 300 g/mol. The van der Waals surface area contributed by atoms with Gasteiger partial charge in [0.15, 0.2) is 0 Å². The standard InChI is InChI=1S/C16H12N2O5/c1-8-6-9(15(20)21)2-4-11(8)13-5-3-10(23-13)7-12-14(19)18-16(22)17-12/h2-7H,1H3,(H,20,21)(H2,17,18,19,22)/b12-7-. The molecule has 0 atom stereocenters. The van der Waals surface area contributed by atoms with Crippen molar-refractivity contribution in [2.75, 3.05) is 0 Å². The zero-order chi connectivity index (χ0) is 16.6. The smallest absolute Gasteiger partial charge is 0.335 e. The van der Waals surface area contributed by atoms with Gasteiger partial charge in [-0.15, -0.1) is 0 Å². The quantitative estimate of drug-likeness (QED) is 0.594. The first-order valence-corrected chi connectivity index (χ1v) is 6.72. The van der Waals surface area contributed by atoms with Gasteiger partial charge in [-0.2, -0.15) is 0 Å². The van der Waals surface area contributed by atoms with Gasteiger partial charge in [-0.25, -0.2) is 9.59 Å². The fourth-order valence-corrected chi connectivity index (χ4v) is 2.27. The number of rotatable bonds is 3. The number of hydrogen-bond donors (Lipinski definition) is 3. The van der Waals surface area contributed by atoms with E-state index in [9.17, 15) is 14.4 Å². The van der Waals surface area contributed by atoms with E-state index >= 15 is 0 Å². The van der Waals surface area contributed by atoms with E-state index in [1.807, 2.05) is 0 Å². The summed E-state index contributed by atoms with van der Waals surface area (Å²) >= 11 is 0. The second-order valence-electron chi connectivity index (χ2n) is 5.00. The topological polar surface area (TPSA) is 109 Å². The predicted octanol–water partition coefficient (Wildman–Crippen LogP) is 2.13. The van der Waals surface area contributed by atoms with Crippen LogP contribution in [0.1, 0.15) is 21.7 Å². The number of nitrogens with one attached hydrogen (secondary N) is 2. The number of imide groups is 1. The van der Waals surface area contributed by atoms with Crippen LogP contribution in [-0.2, 0) is 4.79 Å². The lowest BCUT2D eigenvalue weighted by molar-refractivity contribution is -0.115. The minimum Gasteiger partial charge on any atom is -0.478 e. The molecule has 0 bridgehead atoms. The molecule has 3 N–H and O–H groups in total. The van der Waals surface area contributed by atoms with Crippen molar-refractivity contribution < 1.29 is 23.9 Å². The second kappa shape index (κ2) is 5.45. The van der Waals surface area contributed by atoms with E-state index in [2.05, 4.69) is 10.6 Å². The molecular formula is C16H12N2O5. The first-order chi connectivity index (χ1) is 10.9. The molecule has 1 saturated heterocycles. The summed E-state index contributed by atoms with van der Waals surface area (Å²) in [6, 6.07) is 7.51. The molecule has 3 rings (SSSR count). The molecule has 1 aromatic heterocycles. The largest absolute Gasteiger partial charge is 0.478 e. The van der Waals surface area contributed by atoms with Crippen LogP contribution in [0.4, 0.5) is 4.79 Å². The van der Waals surface area contributed by atoms with Gasteiger partial charge in [-0.3, -0.25) is 10.1 Å². The predicted molar refractivity (Wildman–Crippen MR) is 80.5 cm³/mol. The number of hydrogen-bond acceptors (Lipinski definition) is 4. The van der Waals surface area contributed by atoms with Crippen LogP contribution < -0.4 is 10.6 Å². The first kappa shape index (κ1) is 14.6. The van der Waals surface area contributed by atoms with Gasteiger partial charge in [-0.05, 0) is 36.8 Å². The first-order valence-electron chi connectivity index (χ1n) is 6.72. The lowest BCUT2D eigenvalue weighted by Gasteiger charge is -2.04. The van der Waals surface area contributed by atoms with Crippen molar-refractivity contribution in [3.63, 3.8) is 0 Å². The Morgan fingerprint density at radius 2 is 1.96 bits per heavy atom. The summed E-state index contributed by atoms with van der Waals surface area (Å²) in [6.45, 7) is 1.78. The van der Waals surface area contributed by atoms with E-state index in [1.165, 1.54) is 12.1 Å². The number of carbonyl (C=O) groups excluding carboxylic acids is 2. The maximum absolute atomic E-state index is 11.5. The average Bonchev–Trinajstić information content (AvgIpc) is 3.06. The monoisotopic (exact) mass is 312 g/mol. The van der Waals surface area contributed by atoms with Crippen molar-refractivity contribution in [3.8, 4) is 11.3 Å². The van der Waals surface area contributed by atoms with Crippen molar-refractivity contribution >= 4 is 24.0 Å². The van der Waals surface area contributed by atoms with Gasteiger partial charge in [0.25, 0.3) is 5.91 Å². The Kier molecular flexibility index (Phi) is 3.46. The summed E-state index contributed by atoms with van der Waals surface area (Å²) in [5.41, 5.74) is 1.81. The van der Waals surface area contributed by atoms with Gasteiger partial charge in [0.2, 0.25) is 0 Å². The molecule has 7 heteroatoms. The molecule has 7 nitrogen and oxygen atoms in total. The summed E-state index contributed by atoms with van der Waals surface area (Å²) in [4.78, 5) is 33.5.